The largest absolute Gasteiger partial charge is 0.292 e. The van der Waals surface area contributed by atoms with Crippen molar-refractivity contribution in [2.45, 2.75) is 12.8 Å². The molecule has 0 fully saturated rings. The number of carbonyl (C=O) groups excluding carboxylic acids is 1. The summed E-state index contributed by atoms with van der Waals surface area (Å²) in [7, 11) is 0. The Morgan fingerprint density at radius 1 is 1.44 bits per heavy atom. The van der Waals surface area contributed by atoms with Gasteiger partial charge >= 0.3 is 0 Å². The number of hydrogen-bond donors (Lipinski definition) is 0. The first-order valence-corrected chi connectivity index (χ1v) is 6.25. The molecule has 0 saturated heterocycles. The number of rotatable bonds is 3. The fourth-order valence-electron chi connectivity index (χ4n) is 1.68. The van der Waals surface area contributed by atoms with E-state index in [4.69, 9.17) is 5.26 Å². The zero-order valence-corrected chi connectivity index (χ0v) is 10.5. The quantitative estimate of drug-likeness (QED) is 0.789. The monoisotopic (exact) mass is 259 g/mol. The summed E-state index contributed by atoms with van der Waals surface area (Å²) in [5.74, 6) is -1.99. The Balaban J connectivity index is 2.39. The molecule has 2 rings (SSSR count). The molecule has 1 unspecified atom stereocenters. The maximum atomic E-state index is 13.7. The van der Waals surface area contributed by atoms with E-state index in [-0.39, 0.29) is 5.56 Å². The average molecular weight is 259 g/mol. The van der Waals surface area contributed by atoms with Gasteiger partial charge in [0, 0.05) is 4.88 Å². The number of aryl methyl sites for hydroxylation is 1. The zero-order valence-electron chi connectivity index (χ0n) is 9.68. The van der Waals surface area contributed by atoms with E-state index in [1.54, 1.807) is 30.5 Å². The van der Waals surface area contributed by atoms with Gasteiger partial charge < -0.3 is 0 Å². The van der Waals surface area contributed by atoms with E-state index in [0.717, 1.165) is 5.56 Å². The van der Waals surface area contributed by atoms with Gasteiger partial charge in [-0.2, -0.15) is 5.26 Å². The molecule has 90 valence electrons. The number of Topliss-reactive ketones (excluding diaryl/α,β-unsaturated/α-hetero) is 1. The van der Waals surface area contributed by atoms with Gasteiger partial charge in [0.05, 0.1) is 11.6 Å². The molecule has 1 aromatic heterocycles. The molecule has 18 heavy (non-hydrogen) atoms. The molecule has 0 spiro atoms. The molecule has 1 atom stereocenters. The second kappa shape index (κ2) is 5.11. The summed E-state index contributed by atoms with van der Waals surface area (Å²) in [5, 5.41) is 10.9. The Kier molecular flexibility index (Phi) is 3.54. The number of nitriles is 1. The molecule has 0 aliphatic carbocycles. The van der Waals surface area contributed by atoms with Crippen LogP contribution < -0.4 is 0 Å². The van der Waals surface area contributed by atoms with E-state index in [2.05, 4.69) is 0 Å². The third kappa shape index (κ3) is 2.31. The van der Waals surface area contributed by atoms with E-state index in [1.165, 1.54) is 23.5 Å². The lowest BCUT2D eigenvalue weighted by atomic mass is 9.96. The fourth-order valence-corrected chi connectivity index (χ4v) is 2.45. The van der Waals surface area contributed by atoms with Crippen LogP contribution in [0.4, 0.5) is 4.39 Å². The van der Waals surface area contributed by atoms with Crippen LogP contribution in [-0.4, -0.2) is 5.78 Å². The lowest BCUT2D eigenvalue weighted by molar-refractivity contribution is 0.0976. The predicted molar refractivity (Wildman–Crippen MR) is 68.1 cm³/mol. The smallest absolute Gasteiger partial charge is 0.188 e. The van der Waals surface area contributed by atoms with Gasteiger partial charge in [0.1, 0.15) is 11.7 Å². The van der Waals surface area contributed by atoms with Crippen LogP contribution in [-0.2, 0) is 0 Å². The van der Waals surface area contributed by atoms with E-state index in [9.17, 15) is 9.18 Å². The summed E-state index contributed by atoms with van der Waals surface area (Å²) in [4.78, 5) is 12.8. The van der Waals surface area contributed by atoms with Crippen LogP contribution in [0.3, 0.4) is 0 Å². The Morgan fingerprint density at radius 2 is 2.22 bits per heavy atom. The van der Waals surface area contributed by atoms with Crippen LogP contribution in [0.15, 0.2) is 35.7 Å². The SMILES string of the molecule is Cc1ccc(C(=O)C(C#N)c2cccs2)c(F)c1. The van der Waals surface area contributed by atoms with E-state index < -0.39 is 17.5 Å². The summed E-state index contributed by atoms with van der Waals surface area (Å²) >= 11 is 1.32. The minimum atomic E-state index is -0.929. The normalized spacial score (nSPS) is 11.8. The number of benzene rings is 1. The highest BCUT2D eigenvalue weighted by Crippen LogP contribution is 2.25. The number of hydrogen-bond acceptors (Lipinski definition) is 3. The zero-order chi connectivity index (χ0) is 13.1. The molecule has 2 aromatic rings. The van der Waals surface area contributed by atoms with Gasteiger partial charge in [-0.3, -0.25) is 4.79 Å². The lowest BCUT2D eigenvalue weighted by Crippen LogP contribution is -2.12. The van der Waals surface area contributed by atoms with Gasteiger partial charge in [-0.1, -0.05) is 12.1 Å². The number of ketones is 1. The highest BCUT2D eigenvalue weighted by Gasteiger charge is 2.24. The molecule has 4 heteroatoms. The van der Waals surface area contributed by atoms with Gasteiger partial charge in [0.15, 0.2) is 5.78 Å². The van der Waals surface area contributed by atoms with Gasteiger partial charge in [-0.25, -0.2) is 4.39 Å². The summed E-state index contributed by atoms with van der Waals surface area (Å²) in [6.45, 7) is 1.75. The van der Waals surface area contributed by atoms with E-state index >= 15 is 0 Å². The highest BCUT2D eigenvalue weighted by atomic mass is 32.1. The molecule has 0 aliphatic rings. The van der Waals surface area contributed by atoms with Crippen molar-refractivity contribution >= 4 is 17.1 Å². The topological polar surface area (TPSA) is 40.9 Å². The van der Waals surface area contributed by atoms with Crippen molar-refractivity contribution in [3.05, 3.63) is 57.5 Å². The van der Waals surface area contributed by atoms with Gasteiger partial charge in [0.25, 0.3) is 0 Å². The molecular weight excluding hydrogens is 249 g/mol. The van der Waals surface area contributed by atoms with Gasteiger partial charge in [-0.05, 0) is 36.1 Å². The van der Waals surface area contributed by atoms with Crippen molar-refractivity contribution < 1.29 is 9.18 Å². The third-order valence-corrected chi connectivity index (χ3v) is 3.55. The third-order valence-electron chi connectivity index (χ3n) is 2.61. The van der Waals surface area contributed by atoms with Crippen LogP contribution in [0.2, 0.25) is 0 Å². The number of carbonyl (C=O) groups is 1. The molecule has 2 nitrogen and oxygen atoms in total. The Hall–Kier alpha value is -1.99. The minimum Gasteiger partial charge on any atom is -0.292 e. The summed E-state index contributed by atoms with van der Waals surface area (Å²) in [5.41, 5.74) is 0.717. The summed E-state index contributed by atoms with van der Waals surface area (Å²) in [6, 6.07) is 9.82. The second-order valence-electron chi connectivity index (χ2n) is 3.93. The summed E-state index contributed by atoms with van der Waals surface area (Å²) in [6.07, 6.45) is 0. The molecule has 0 bridgehead atoms. The van der Waals surface area contributed by atoms with Crippen molar-refractivity contribution in [3.63, 3.8) is 0 Å². The molecule has 1 aromatic carbocycles. The summed E-state index contributed by atoms with van der Waals surface area (Å²) < 4.78 is 13.7. The van der Waals surface area contributed by atoms with E-state index in [1.807, 2.05) is 6.07 Å². The van der Waals surface area contributed by atoms with Crippen LogP contribution in [0.5, 0.6) is 0 Å². The van der Waals surface area contributed by atoms with Crippen molar-refractivity contribution in [3.8, 4) is 6.07 Å². The number of nitrogens with zero attached hydrogens (tertiary/aromatic N) is 1. The second-order valence-corrected chi connectivity index (χ2v) is 4.90. The highest BCUT2D eigenvalue weighted by molar-refractivity contribution is 7.10. The van der Waals surface area contributed by atoms with Crippen molar-refractivity contribution in [2.75, 3.05) is 0 Å². The minimum absolute atomic E-state index is 0.0273. The van der Waals surface area contributed by atoms with Crippen molar-refractivity contribution in [1.29, 1.82) is 5.26 Å². The maximum Gasteiger partial charge on any atom is 0.188 e. The van der Waals surface area contributed by atoms with E-state index in [0.29, 0.717) is 4.88 Å². The standard InChI is InChI=1S/C14H10FNOS/c1-9-4-5-10(12(15)7-9)14(17)11(8-16)13-3-2-6-18-13/h2-7,11H,1H3. The number of halogens is 1. The molecular formula is C14H10FNOS. The van der Waals surface area contributed by atoms with Crippen LogP contribution in [0.1, 0.15) is 26.7 Å². The number of thiophene rings is 1. The Bertz CT molecular complexity index is 613. The maximum absolute atomic E-state index is 13.7. The lowest BCUT2D eigenvalue weighted by Gasteiger charge is -2.07. The first-order valence-electron chi connectivity index (χ1n) is 5.37. The first-order chi connectivity index (χ1) is 8.63. The molecule has 0 radical (unpaired) electrons. The molecule has 1 heterocycles. The average Bonchev–Trinajstić information content (AvgIpc) is 2.83. The Labute approximate surface area is 108 Å². The van der Waals surface area contributed by atoms with Gasteiger partial charge in [-0.15, -0.1) is 11.3 Å². The molecule has 0 N–H and O–H groups in total. The fraction of sp³-hybridized carbons (Fsp3) is 0.143. The Morgan fingerprint density at radius 3 is 2.78 bits per heavy atom. The molecule has 0 aliphatic heterocycles. The predicted octanol–water partition coefficient (Wildman–Crippen LogP) is 3.69. The molecule has 0 saturated carbocycles. The van der Waals surface area contributed by atoms with Crippen LogP contribution >= 0.6 is 11.3 Å². The first kappa shape index (κ1) is 12.5. The van der Waals surface area contributed by atoms with Crippen molar-refractivity contribution in [1.82, 2.24) is 0 Å². The van der Waals surface area contributed by atoms with Gasteiger partial charge in [0.2, 0.25) is 0 Å². The molecule has 0 amide bonds. The van der Waals surface area contributed by atoms with Crippen molar-refractivity contribution in [2.24, 2.45) is 0 Å². The van der Waals surface area contributed by atoms with Crippen LogP contribution in [0, 0.1) is 24.1 Å². The van der Waals surface area contributed by atoms with Crippen LogP contribution in [0.25, 0.3) is 0 Å².